The van der Waals surface area contributed by atoms with Gasteiger partial charge in [-0.3, -0.25) is 0 Å². The van der Waals surface area contributed by atoms with Crippen molar-refractivity contribution in [2.75, 3.05) is 5.32 Å². The molecule has 2 fully saturated rings. The Balaban J connectivity index is 1.21. The monoisotopic (exact) mass is 414 g/mol. The Kier molecular flexibility index (Phi) is 4.94. The maximum atomic E-state index is 6.02. The van der Waals surface area contributed by atoms with Crippen molar-refractivity contribution in [3.05, 3.63) is 59.3 Å². The van der Waals surface area contributed by atoms with Crippen molar-refractivity contribution < 1.29 is 9.15 Å². The topological polar surface area (TPSA) is 47.3 Å². The molecule has 2 aromatic carbocycles. The Morgan fingerprint density at radius 1 is 0.806 bits per heavy atom. The van der Waals surface area contributed by atoms with Crippen molar-refractivity contribution in [2.24, 2.45) is 0 Å². The van der Waals surface area contributed by atoms with Gasteiger partial charge in [-0.05, 0) is 72.9 Å². The quantitative estimate of drug-likeness (QED) is 0.476. The summed E-state index contributed by atoms with van der Waals surface area (Å²) >= 11 is 0. The Morgan fingerprint density at radius 2 is 1.48 bits per heavy atom. The third-order valence-electron chi connectivity index (χ3n) is 7.32. The minimum atomic E-state index is 0.582. The summed E-state index contributed by atoms with van der Waals surface area (Å²) in [7, 11) is 0. The first-order valence-corrected chi connectivity index (χ1v) is 12.0. The normalized spacial score (nSPS) is 21.2. The van der Waals surface area contributed by atoms with Gasteiger partial charge in [-0.25, -0.2) is 4.98 Å². The summed E-state index contributed by atoms with van der Waals surface area (Å²) in [4.78, 5) is 4.72. The number of oxazole rings is 1. The molecule has 4 nitrogen and oxygen atoms in total. The number of hydrogen-bond acceptors (Lipinski definition) is 4. The van der Waals surface area contributed by atoms with Gasteiger partial charge in [0.1, 0.15) is 5.52 Å². The summed E-state index contributed by atoms with van der Waals surface area (Å²) < 4.78 is 12.0. The molecule has 1 N–H and O–H groups in total. The molecule has 2 saturated carbocycles. The van der Waals surface area contributed by atoms with E-state index in [2.05, 4.69) is 41.7 Å². The molecule has 4 heteroatoms. The molecule has 1 aromatic heterocycles. The fourth-order valence-corrected chi connectivity index (χ4v) is 5.59. The second-order valence-electron chi connectivity index (χ2n) is 9.44. The number of nitrogens with zero attached hydrogens (tertiary/aromatic N) is 1. The van der Waals surface area contributed by atoms with Gasteiger partial charge in [0, 0.05) is 0 Å². The molecular formula is C27H30N2O2. The predicted molar refractivity (Wildman–Crippen MR) is 124 cm³/mol. The van der Waals surface area contributed by atoms with E-state index in [4.69, 9.17) is 14.1 Å². The van der Waals surface area contributed by atoms with Gasteiger partial charge < -0.3 is 14.5 Å². The zero-order chi connectivity index (χ0) is 20.6. The lowest BCUT2D eigenvalue weighted by Crippen LogP contribution is -2.04. The molecule has 31 heavy (non-hydrogen) atoms. The molecule has 0 bridgehead atoms. The molecule has 3 aliphatic rings. The minimum absolute atomic E-state index is 0.582. The Labute approximate surface area is 183 Å². The molecule has 0 unspecified atom stereocenters. The van der Waals surface area contributed by atoms with E-state index in [0.717, 1.165) is 22.5 Å². The predicted octanol–water partition coefficient (Wildman–Crippen LogP) is 7.73. The SMILES string of the molecule is C(=C1Nc2cc(C3CCCCC3)ccc2O1)c1nc2cc(C3CCCCC3)ccc2o1. The number of hydrogen-bond donors (Lipinski definition) is 1. The van der Waals surface area contributed by atoms with Gasteiger partial charge in [0.25, 0.3) is 0 Å². The van der Waals surface area contributed by atoms with Gasteiger partial charge in [-0.1, -0.05) is 50.7 Å². The largest absolute Gasteiger partial charge is 0.439 e. The highest BCUT2D eigenvalue weighted by Gasteiger charge is 2.22. The second-order valence-corrected chi connectivity index (χ2v) is 9.44. The summed E-state index contributed by atoms with van der Waals surface area (Å²) in [6.07, 6.45) is 15.2. The van der Waals surface area contributed by atoms with Crippen LogP contribution in [-0.2, 0) is 0 Å². The van der Waals surface area contributed by atoms with Crippen molar-refractivity contribution >= 4 is 22.9 Å². The van der Waals surface area contributed by atoms with Crippen molar-refractivity contribution in [2.45, 2.75) is 76.0 Å². The summed E-state index contributed by atoms with van der Waals surface area (Å²) in [5, 5.41) is 3.41. The van der Waals surface area contributed by atoms with Crippen molar-refractivity contribution in [3.63, 3.8) is 0 Å². The van der Waals surface area contributed by atoms with E-state index >= 15 is 0 Å². The molecule has 0 spiro atoms. The summed E-state index contributed by atoms with van der Waals surface area (Å²) in [5.41, 5.74) is 5.64. The number of aromatic nitrogens is 1. The van der Waals surface area contributed by atoms with Crippen molar-refractivity contribution in [1.29, 1.82) is 0 Å². The maximum absolute atomic E-state index is 6.02. The number of anilines is 1. The average molecular weight is 415 g/mol. The van der Waals surface area contributed by atoms with E-state index < -0.39 is 0 Å². The maximum Gasteiger partial charge on any atom is 0.225 e. The molecule has 0 radical (unpaired) electrons. The van der Waals surface area contributed by atoms with Crippen LogP contribution in [0.3, 0.4) is 0 Å². The van der Waals surface area contributed by atoms with Crippen LogP contribution in [0.4, 0.5) is 5.69 Å². The van der Waals surface area contributed by atoms with Crippen molar-refractivity contribution in [3.8, 4) is 5.75 Å². The fourth-order valence-electron chi connectivity index (χ4n) is 5.59. The third kappa shape index (κ3) is 3.84. The zero-order valence-electron chi connectivity index (χ0n) is 18.0. The zero-order valence-corrected chi connectivity index (χ0v) is 18.0. The number of ether oxygens (including phenoxy) is 1. The number of rotatable bonds is 3. The van der Waals surface area contributed by atoms with E-state index in [0.29, 0.717) is 23.6 Å². The van der Waals surface area contributed by atoms with Gasteiger partial charge >= 0.3 is 0 Å². The highest BCUT2D eigenvalue weighted by Crippen LogP contribution is 2.40. The Morgan fingerprint density at radius 3 is 2.23 bits per heavy atom. The molecule has 0 atom stereocenters. The first-order chi connectivity index (χ1) is 15.3. The van der Waals surface area contributed by atoms with Crippen LogP contribution >= 0.6 is 0 Å². The molecule has 3 aromatic rings. The van der Waals surface area contributed by atoms with Crippen LogP contribution in [0.2, 0.25) is 0 Å². The lowest BCUT2D eigenvalue weighted by atomic mass is 9.84. The number of nitrogens with one attached hydrogen (secondary N) is 1. The van der Waals surface area contributed by atoms with Crippen LogP contribution in [0.1, 0.15) is 93.1 Å². The van der Waals surface area contributed by atoms with Crippen LogP contribution in [0.5, 0.6) is 5.75 Å². The molecule has 6 rings (SSSR count). The van der Waals surface area contributed by atoms with E-state index in [-0.39, 0.29) is 0 Å². The van der Waals surface area contributed by atoms with Gasteiger partial charge in [0.05, 0.1) is 11.8 Å². The van der Waals surface area contributed by atoms with Crippen LogP contribution in [0.25, 0.3) is 17.2 Å². The van der Waals surface area contributed by atoms with E-state index in [1.165, 1.54) is 75.3 Å². The molecule has 0 amide bonds. The molecule has 1 aliphatic heterocycles. The molecule has 2 heterocycles. The van der Waals surface area contributed by atoms with E-state index in [1.807, 2.05) is 6.08 Å². The van der Waals surface area contributed by atoms with Crippen LogP contribution in [0.15, 0.2) is 46.7 Å². The van der Waals surface area contributed by atoms with Gasteiger partial charge in [-0.2, -0.15) is 0 Å². The molecule has 160 valence electrons. The van der Waals surface area contributed by atoms with Crippen molar-refractivity contribution in [1.82, 2.24) is 4.98 Å². The lowest BCUT2D eigenvalue weighted by molar-refractivity contribution is 0.442. The fraction of sp³-hybridized carbons (Fsp3) is 0.444. The first-order valence-electron chi connectivity index (χ1n) is 12.0. The average Bonchev–Trinajstić information content (AvgIpc) is 3.42. The number of fused-ring (bicyclic) bond motifs is 2. The highest BCUT2D eigenvalue weighted by molar-refractivity contribution is 5.76. The van der Waals surface area contributed by atoms with Crippen LogP contribution in [0, 0.1) is 0 Å². The van der Waals surface area contributed by atoms with E-state index in [1.54, 1.807) is 0 Å². The summed E-state index contributed by atoms with van der Waals surface area (Å²) in [6, 6.07) is 13.1. The molecule has 2 aliphatic carbocycles. The summed E-state index contributed by atoms with van der Waals surface area (Å²) in [6.45, 7) is 0. The third-order valence-corrected chi connectivity index (χ3v) is 7.32. The standard InChI is InChI=1S/C27H30N2O2/c1-3-7-18(8-4-1)20-11-13-24-22(15-20)28-26(30-24)17-27-29-23-16-21(12-14-25(23)31-27)19-9-5-2-6-10-19/h11-19,28H,1-10H2. The Hall–Kier alpha value is -2.75. The lowest BCUT2D eigenvalue weighted by Gasteiger charge is -2.22. The van der Waals surface area contributed by atoms with Gasteiger partial charge in [0.2, 0.25) is 11.8 Å². The summed E-state index contributed by atoms with van der Waals surface area (Å²) in [5.74, 6) is 3.49. The van der Waals surface area contributed by atoms with Gasteiger partial charge in [-0.15, -0.1) is 0 Å². The smallest absolute Gasteiger partial charge is 0.225 e. The number of benzene rings is 2. The first kappa shape index (κ1) is 19.0. The van der Waals surface area contributed by atoms with E-state index in [9.17, 15) is 0 Å². The van der Waals surface area contributed by atoms with Crippen LogP contribution in [-0.4, -0.2) is 4.98 Å². The minimum Gasteiger partial charge on any atom is -0.439 e. The highest BCUT2D eigenvalue weighted by atomic mass is 16.5. The molecular weight excluding hydrogens is 384 g/mol. The van der Waals surface area contributed by atoms with Crippen LogP contribution < -0.4 is 10.1 Å². The van der Waals surface area contributed by atoms with Gasteiger partial charge in [0.15, 0.2) is 11.3 Å². The second kappa shape index (κ2) is 8.07. The Bertz CT molecular complexity index is 1120. The molecule has 0 saturated heterocycles.